The monoisotopic (exact) mass is 262 g/mol. The summed E-state index contributed by atoms with van der Waals surface area (Å²) in [6.07, 6.45) is 0.857. The molecule has 0 unspecified atom stereocenters. The summed E-state index contributed by atoms with van der Waals surface area (Å²) < 4.78 is 5.30. The van der Waals surface area contributed by atoms with Crippen molar-refractivity contribution in [2.45, 2.75) is 0 Å². The Morgan fingerprint density at radius 1 is 0.950 bits per heavy atom. The quantitative estimate of drug-likeness (QED) is 0.657. The third kappa shape index (κ3) is 2.16. The van der Waals surface area contributed by atoms with E-state index in [4.69, 9.17) is 4.74 Å². The highest BCUT2D eigenvalue weighted by Crippen LogP contribution is 2.31. The topological polar surface area (TPSA) is 26.3 Å². The van der Waals surface area contributed by atoms with Gasteiger partial charge in [0.25, 0.3) is 0 Å². The zero-order chi connectivity index (χ0) is 13.9. The maximum Gasteiger partial charge on any atom is 0.150 e. The van der Waals surface area contributed by atoms with Crippen molar-refractivity contribution in [3.63, 3.8) is 0 Å². The summed E-state index contributed by atoms with van der Waals surface area (Å²) in [6.45, 7) is 0. The summed E-state index contributed by atoms with van der Waals surface area (Å²) in [6, 6.07) is 19.9. The number of hydrogen-bond acceptors (Lipinski definition) is 2. The lowest BCUT2D eigenvalue weighted by molar-refractivity contribution is 0.112. The first-order chi connectivity index (χ1) is 9.81. The molecule has 0 radical (unpaired) electrons. The molecular weight excluding hydrogens is 248 g/mol. The molecule has 0 spiro atoms. The minimum Gasteiger partial charge on any atom is -0.497 e. The Kier molecular flexibility index (Phi) is 3.21. The Morgan fingerprint density at radius 3 is 2.45 bits per heavy atom. The number of ether oxygens (including phenoxy) is 1. The van der Waals surface area contributed by atoms with Gasteiger partial charge >= 0.3 is 0 Å². The second-order valence-corrected chi connectivity index (χ2v) is 4.63. The summed E-state index contributed by atoms with van der Waals surface area (Å²) in [4.78, 5) is 10.7. The smallest absolute Gasteiger partial charge is 0.150 e. The molecule has 0 aliphatic heterocycles. The molecule has 0 saturated heterocycles. The van der Waals surface area contributed by atoms with E-state index in [1.165, 1.54) is 5.39 Å². The van der Waals surface area contributed by atoms with Gasteiger partial charge < -0.3 is 4.74 Å². The van der Waals surface area contributed by atoms with Crippen LogP contribution in [0.3, 0.4) is 0 Å². The Hall–Kier alpha value is -2.61. The van der Waals surface area contributed by atoms with Crippen molar-refractivity contribution in [1.82, 2.24) is 0 Å². The van der Waals surface area contributed by atoms with Crippen LogP contribution in [0.5, 0.6) is 5.75 Å². The van der Waals surface area contributed by atoms with E-state index < -0.39 is 0 Å². The van der Waals surface area contributed by atoms with Gasteiger partial charge in [0.1, 0.15) is 12.0 Å². The van der Waals surface area contributed by atoms with E-state index in [1.807, 2.05) is 42.5 Å². The molecule has 98 valence electrons. The molecule has 0 N–H and O–H groups in total. The molecule has 20 heavy (non-hydrogen) atoms. The Labute approximate surface area is 117 Å². The molecule has 0 aliphatic rings. The van der Waals surface area contributed by atoms with Crippen molar-refractivity contribution in [1.29, 1.82) is 0 Å². The fraction of sp³-hybridized carbons (Fsp3) is 0.0556. The molecule has 0 amide bonds. The molecule has 0 saturated carbocycles. The third-order valence-electron chi connectivity index (χ3n) is 3.45. The molecule has 0 bridgehead atoms. The van der Waals surface area contributed by atoms with Gasteiger partial charge in [-0.15, -0.1) is 0 Å². The molecule has 2 nitrogen and oxygen atoms in total. The van der Waals surface area contributed by atoms with Crippen LogP contribution in [0.1, 0.15) is 10.4 Å². The van der Waals surface area contributed by atoms with E-state index in [-0.39, 0.29) is 0 Å². The number of hydrogen-bond donors (Lipinski definition) is 0. The third-order valence-corrected chi connectivity index (χ3v) is 3.45. The molecule has 0 atom stereocenters. The molecule has 0 heterocycles. The first-order valence-corrected chi connectivity index (χ1v) is 6.44. The van der Waals surface area contributed by atoms with Crippen molar-refractivity contribution in [2.75, 3.05) is 7.11 Å². The van der Waals surface area contributed by atoms with Gasteiger partial charge in [0.2, 0.25) is 0 Å². The summed E-state index contributed by atoms with van der Waals surface area (Å²) >= 11 is 0. The molecule has 2 heteroatoms. The van der Waals surface area contributed by atoms with Crippen molar-refractivity contribution in [3.8, 4) is 16.9 Å². The van der Waals surface area contributed by atoms with Gasteiger partial charge in [-0.05, 0) is 34.0 Å². The summed E-state index contributed by atoms with van der Waals surface area (Å²) in [5.74, 6) is 0.842. The Balaban J connectivity index is 2.20. The van der Waals surface area contributed by atoms with Gasteiger partial charge in [-0.25, -0.2) is 0 Å². The highest BCUT2D eigenvalue weighted by molar-refractivity contribution is 5.97. The van der Waals surface area contributed by atoms with E-state index >= 15 is 0 Å². The maximum absolute atomic E-state index is 10.7. The van der Waals surface area contributed by atoms with E-state index in [0.717, 1.165) is 28.5 Å². The number of rotatable bonds is 3. The first-order valence-electron chi connectivity index (χ1n) is 6.44. The SMILES string of the molecule is COc1ccc2cccc(-c3ccc(C=O)cc3)c2c1. The second kappa shape index (κ2) is 5.17. The van der Waals surface area contributed by atoms with Crippen molar-refractivity contribution in [2.24, 2.45) is 0 Å². The van der Waals surface area contributed by atoms with Gasteiger partial charge in [0, 0.05) is 5.56 Å². The van der Waals surface area contributed by atoms with Crippen LogP contribution in [0, 0.1) is 0 Å². The average Bonchev–Trinajstić information content (AvgIpc) is 2.54. The molecule has 3 rings (SSSR count). The minimum atomic E-state index is 0.687. The lowest BCUT2D eigenvalue weighted by Gasteiger charge is -2.09. The Bertz CT molecular complexity index is 758. The van der Waals surface area contributed by atoms with Crippen molar-refractivity contribution in [3.05, 3.63) is 66.2 Å². The van der Waals surface area contributed by atoms with E-state index in [2.05, 4.69) is 18.2 Å². The second-order valence-electron chi connectivity index (χ2n) is 4.63. The maximum atomic E-state index is 10.7. The Morgan fingerprint density at radius 2 is 1.75 bits per heavy atom. The van der Waals surface area contributed by atoms with Crippen LogP contribution in [-0.4, -0.2) is 13.4 Å². The lowest BCUT2D eigenvalue weighted by atomic mass is 9.97. The molecular formula is C18H14O2. The summed E-state index contributed by atoms with van der Waals surface area (Å²) in [7, 11) is 1.67. The van der Waals surface area contributed by atoms with Crippen LogP contribution in [0.15, 0.2) is 60.7 Å². The van der Waals surface area contributed by atoms with Gasteiger partial charge in [-0.1, -0.05) is 48.5 Å². The zero-order valence-electron chi connectivity index (χ0n) is 11.2. The number of methoxy groups -OCH3 is 1. The number of fused-ring (bicyclic) bond motifs is 1. The fourth-order valence-corrected chi connectivity index (χ4v) is 2.37. The molecule has 3 aromatic carbocycles. The molecule has 0 aliphatic carbocycles. The van der Waals surface area contributed by atoms with Gasteiger partial charge in [0.05, 0.1) is 7.11 Å². The largest absolute Gasteiger partial charge is 0.497 e. The molecule has 0 fully saturated rings. The van der Waals surface area contributed by atoms with Crippen molar-refractivity contribution >= 4 is 17.1 Å². The fourth-order valence-electron chi connectivity index (χ4n) is 2.37. The van der Waals surface area contributed by atoms with E-state index in [0.29, 0.717) is 5.56 Å². The molecule has 0 aromatic heterocycles. The standard InChI is InChI=1S/C18H14O2/c1-20-16-10-9-14-3-2-4-17(18(14)11-16)15-7-5-13(12-19)6-8-15/h2-12H,1H3. The predicted molar refractivity (Wildman–Crippen MR) is 81.3 cm³/mol. The molecule has 3 aromatic rings. The lowest BCUT2D eigenvalue weighted by Crippen LogP contribution is -1.86. The van der Waals surface area contributed by atoms with Crippen LogP contribution in [0.4, 0.5) is 0 Å². The number of aldehydes is 1. The van der Waals surface area contributed by atoms with Gasteiger partial charge in [0.15, 0.2) is 0 Å². The van der Waals surface area contributed by atoms with Crippen LogP contribution >= 0.6 is 0 Å². The van der Waals surface area contributed by atoms with Gasteiger partial charge in [-0.3, -0.25) is 4.79 Å². The first kappa shape index (κ1) is 12.4. The average molecular weight is 262 g/mol. The normalized spacial score (nSPS) is 10.4. The zero-order valence-corrected chi connectivity index (χ0v) is 11.2. The van der Waals surface area contributed by atoms with Gasteiger partial charge in [-0.2, -0.15) is 0 Å². The summed E-state index contributed by atoms with van der Waals surface area (Å²) in [5, 5.41) is 2.31. The van der Waals surface area contributed by atoms with E-state index in [1.54, 1.807) is 7.11 Å². The van der Waals surface area contributed by atoms with Crippen LogP contribution in [-0.2, 0) is 0 Å². The van der Waals surface area contributed by atoms with E-state index in [9.17, 15) is 4.79 Å². The highest BCUT2D eigenvalue weighted by atomic mass is 16.5. The predicted octanol–water partition coefficient (Wildman–Crippen LogP) is 4.33. The van der Waals surface area contributed by atoms with Crippen LogP contribution < -0.4 is 4.74 Å². The minimum absolute atomic E-state index is 0.687. The highest BCUT2D eigenvalue weighted by Gasteiger charge is 2.05. The number of carbonyl (C=O) groups excluding carboxylic acids is 1. The number of carbonyl (C=O) groups is 1. The van der Waals surface area contributed by atoms with Crippen LogP contribution in [0.25, 0.3) is 21.9 Å². The van der Waals surface area contributed by atoms with Crippen molar-refractivity contribution < 1.29 is 9.53 Å². The number of benzene rings is 3. The van der Waals surface area contributed by atoms with Crippen LogP contribution in [0.2, 0.25) is 0 Å². The summed E-state index contributed by atoms with van der Waals surface area (Å²) in [5.41, 5.74) is 2.92.